The van der Waals surface area contributed by atoms with E-state index in [9.17, 15) is 5.11 Å². The molecule has 10 nitrogen and oxygen atoms in total. The molecule has 4 heterocycles. The third kappa shape index (κ3) is 5.43. The number of rotatable bonds is 9. The molecule has 0 unspecified atom stereocenters. The Morgan fingerprint density at radius 3 is 2.40 bits per heavy atom. The van der Waals surface area contributed by atoms with E-state index in [0.717, 1.165) is 63.4 Å². The average molecular weight is 582 g/mol. The number of ether oxygens (including phenoxy) is 1. The first-order valence-electron chi connectivity index (χ1n) is 14.1. The Morgan fingerprint density at radius 1 is 0.929 bits per heavy atom. The van der Waals surface area contributed by atoms with Crippen LogP contribution >= 0.6 is 11.3 Å². The molecule has 1 atom stereocenters. The Kier molecular flexibility index (Phi) is 7.24. The molecule has 0 radical (unpaired) electrons. The minimum atomic E-state index is -1.06. The molecule has 0 spiro atoms. The first kappa shape index (κ1) is 26.8. The minimum absolute atomic E-state index is 0.239. The summed E-state index contributed by atoms with van der Waals surface area (Å²) in [6.07, 6.45) is -0.583. The largest absolute Gasteiger partial charge is 0.491 e. The van der Waals surface area contributed by atoms with Crippen LogP contribution in [0.3, 0.4) is 0 Å². The third-order valence-corrected chi connectivity index (χ3v) is 8.56. The molecule has 0 aliphatic carbocycles. The summed E-state index contributed by atoms with van der Waals surface area (Å²) in [5.74, 6) is 1.70. The zero-order valence-corrected chi connectivity index (χ0v) is 24.1. The lowest BCUT2D eigenvalue weighted by atomic mass is 10.0. The molecule has 0 amide bonds. The fraction of sp³-hybridized carbons (Fsp3) is 0.323. The summed E-state index contributed by atoms with van der Waals surface area (Å²) < 4.78 is 12.7. The second-order valence-electron chi connectivity index (χ2n) is 10.7. The summed E-state index contributed by atoms with van der Waals surface area (Å²) in [7, 11) is 0. The Morgan fingerprint density at radius 2 is 1.64 bits per heavy atom. The first-order chi connectivity index (χ1) is 20.5. The maximum Gasteiger partial charge on any atom is 0.240 e. The van der Waals surface area contributed by atoms with Crippen molar-refractivity contribution in [1.82, 2.24) is 24.9 Å². The number of aliphatic hydroxyl groups is 1. The van der Waals surface area contributed by atoms with E-state index in [2.05, 4.69) is 19.9 Å². The number of aromatic nitrogens is 3. The summed E-state index contributed by atoms with van der Waals surface area (Å²) in [5.41, 5.74) is 0.763. The molecule has 2 aromatic heterocycles. The van der Waals surface area contributed by atoms with Crippen LogP contribution in [0.2, 0.25) is 0 Å². The molecule has 0 saturated carbocycles. The number of para-hydroxylation sites is 2. The maximum atomic E-state index is 10.6. The van der Waals surface area contributed by atoms with Crippen LogP contribution in [0, 0.1) is 6.92 Å². The van der Waals surface area contributed by atoms with Crippen molar-refractivity contribution in [2.45, 2.75) is 25.2 Å². The van der Waals surface area contributed by atoms with Gasteiger partial charge in [0.15, 0.2) is 0 Å². The van der Waals surface area contributed by atoms with Crippen LogP contribution in [0.15, 0.2) is 87.3 Å². The number of hydrogen-bond acceptors (Lipinski definition) is 11. The lowest BCUT2D eigenvalue weighted by Crippen LogP contribution is -2.48. The normalized spacial score (nSPS) is 17.5. The monoisotopic (exact) mass is 581 g/mol. The van der Waals surface area contributed by atoms with Gasteiger partial charge in [-0.15, -0.1) is 11.3 Å². The predicted molar refractivity (Wildman–Crippen MR) is 158 cm³/mol. The van der Waals surface area contributed by atoms with Crippen molar-refractivity contribution in [1.29, 1.82) is 0 Å². The van der Waals surface area contributed by atoms with Gasteiger partial charge in [-0.1, -0.05) is 47.6 Å². The highest BCUT2D eigenvalue weighted by atomic mass is 32.1. The summed E-state index contributed by atoms with van der Waals surface area (Å²) >= 11 is 1.66. The van der Waals surface area contributed by atoms with Crippen LogP contribution in [0.4, 0.5) is 0 Å². The lowest BCUT2D eigenvalue weighted by Gasteiger charge is -2.34. The topological polar surface area (TPSA) is 112 Å². The third-order valence-electron chi connectivity index (χ3n) is 7.60. The Balaban J connectivity index is 0.948. The second-order valence-corrected chi connectivity index (χ2v) is 11.9. The van der Waals surface area contributed by atoms with Crippen molar-refractivity contribution < 1.29 is 14.4 Å². The average Bonchev–Trinajstić information content (AvgIpc) is 3.74. The fourth-order valence-electron chi connectivity index (χ4n) is 5.49. The Hall–Kier alpha value is -4.03. The van der Waals surface area contributed by atoms with Gasteiger partial charge in [-0.05, 0) is 31.2 Å². The van der Waals surface area contributed by atoms with E-state index in [-0.39, 0.29) is 6.61 Å². The van der Waals surface area contributed by atoms with E-state index < -0.39 is 11.8 Å². The molecule has 3 aromatic carbocycles. The Bertz CT molecular complexity index is 1780. The Labute approximate surface area is 246 Å². The molecule has 5 aromatic rings. The number of aliphatic hydroxyl groups excluding tert-OH is 1. The summed E-state index contributed by atoms with van der Waals surface area (Å²) in [6, 6.07) is 23.6. The van der Waals surface area contributed by atoms with Crippen LogP contribution in [0.5, 0.6) is 5.75 Å². The van der Waals surface area contributed by atoms with Gasteiger partial charge in [0.2, 0.25) is 17.4 Å². The second kappa shape index (κ2) is 11.3. The summed E-state index contributed by atoms with van der Waals surface area (Å²) in [5, 5.41) is 17.6. The summed E-state index contributed by atoms with van der Waals surface area (Å²) in [4.78, 5) is 23.8. The number of fused-ring (bicyclic) bond motifs is 2. The highest BCUT2D eigenvalue weighted by Gasteiger charge is 2.40. The molecule has 11 heteroatoms. The predicted octanol–water partition coefficient (Wildman–Crippen LogP) is 2.70. The van der Waals surface area contributed by atoms with Crippen molar-refractivity contribution in [2.24, 2.45) is 9.98 Å². The van der Waals surface area contributed by atoms with Crippen molar-refractivity contribution in [3.05, 3.63) is 106 Å². The molecule has 7 rings (SSSR count). The molecule has 1 saturated heterocycles. The van der Waals surface area contributed by atoms with E-state index in [0.29, 0.717) is 24.8 Å². The van der Waals surface area contributed by atoms with Gasteiger partial charge >= 0.3 is 0 Å². The van der Waals surface area contributed by atoms with Crippen LogP contribution in [-0.4, -0.2) is 75.5 Å². The molecule has 42 heavy (non-hydrogen) atoms. The van der Waals surface area contributed by atoms with E-state index in [1.54, 1.807) is 11.3 Å². The number of thiazole rings is 1. The molecule has 1 fully saturated rings. The fourth-order valence-corrected chi connectivity index (χ4v) is 6.30. The zero-order chi connectivity index (χ0) is 28.5. The molecule has 0 bridgehead atoms. The van der Waals surface area contributed by atoms with Gasteiger partial charge in [0.1, 0.15) is 18.5 Å². The highest BCUT2D eigenvalue weighted by molar-refractivity contribution is 7.18. The van der Waals surface area contributed by atoms with Gasteiger partial charge in [-0.2, -0.15) is 4.98 Å². The quantitative estimate of drug-likeness (QED) is 0.283. The molecule has 2 aliphatic rings. The molecule has 2 aliphatic heterocycles. The van der Waals surface area contributed by atoms with Gasteiger partial charge in [0, 0.05) is 44.4 Å². The van der Waals surface area contributed by atoms with Crippen LogP contribution in [0.1, 0.15) is 22.3 Å². The maximum absolute atomic E-state index is 10.6. The van der Waals surface area contributed by atoms with Crippen molar-refractivity contribution in [3.8, 4) is 5.75 Å². The van der Waals surface area contributed by atoms with Gasteiger partial charge < -0.3 is 14.4 Å². The number of aryl methyl sites for hydroxylation is 1. The highest BCUT2D eigenvalue weighted by Crippen LogP contribution is 2.34. The zero-order valence-electron chi connectivity index (χ0n) is 23.3. The smallest absolute Gasteiger partial charge is 0.240 e. The summed E-state index contributed by atoms with van der Waals surface area (Å²) in [6.45, 7) is 6.65. The number of β-amino-alcohol motifs (C(OH)–C–C–N with tert-alkyl or cyclic N) is 1. The number of nitrogens with zero attached hydrogens (tertiary/aromatic N) is 7. The van der Waals surface area contributed by atoms with Crippen molar-refractivity contribution >= 4 is 21.6 Å². The van der Waals surface area contributed by atoms with Crippen molar-refractivity contribution in [2.75, 3.05) is 39.3 Å². The standard InChI is InChI=1S/C31H31N7O3S/c1-21-32-27-17-24(11-12-28(27)42-21)40-20-23(39)18-37-13-15-38(16-14-37)19-29-33-30(36-41-29)31(22-7-3-2-4-8-22)34-25-9-5-6-10-26(25)35-31/h2-12,17,23,39H,13-16,18-20H2,1H3/t23-/m0/s1. The number of hydrogen-bond donors (Lipinski definition) is 1. The first-order valence-corrected chi connectivity index (χ1v) is 14.9. The van der Waals surface area contributed by atoms with Crippen LogP contribution < -0.4 is 15.5 Å². The number of piperazine rings is 1. The minimum Gasteiger partial charge on any atom is -0.491 e. The van der Waals surface area contributed by atoms with Gasteiger partial charge in [-0.25, -0.2) is 15.0 Å². The van der Waals surface area contributed by atoms with Crippen LogP contribution in [-0.2, 0) is 12.2 Å². The molecular formula is C31H31N7O3S. The van der Waals surface area contributed by atoms with Gasteiger partial charge in [0.05, 0.1) is 32.5 Å². The SMILES string of the molecule is Cc1nc2cc(OC[C@@H](O)CN3CCN(Cc4nc(C5(c6ccccc6)N=c6ccccc6=N5)no4)CC3)ccc2s1. The lowest BCUT2D eigenvalue weighted by molar-refractivity contribution is 0.0426. The number of benzene rings is 3. The van der Waals surface area contributed by atoms with E-state index in [4.69, 9.17) is 24.2 Å². The molecule has 1 N–H and O–H groups in total. The van der Waals surface area contributed by atoms with E-state index in [1.165, 1.54) is 0 Å². The van der Waals surface area contributed by atoms with E-state index >= 15 is 0 Å². The van der Waals surface area contributed by atoms with Gasteiger partial charge in [-0.3, -0.25) is 9.80 Å². The molecular weight excluding hydrogens is 550 g/mol. The van der Waals surface area contributed by atoms with Gasteiger partial charge in [0.25, 0.3) is 0 Å². The van der Waals surface area contributed by atoms with E-state index in [1.807, 2.05) is 79.7 Å². The molecule has 214 valence electrons. The van der Waals surface area contributed by atoms with Crippen LogP contribution in [0.25, 0.3) is 10.2 Å². The van der Waals surface area contributed by atoms with Crippen molar-refractivity contribution in [3.63, 3.8) is 0 Å².